The number of aromatic nitrogens is 3. The lowest BCUT2D eigenvalue weighted by molar-refractivity contribution is -0.115. The third-order valence-corrected chi connectivity index (χ3v) is 5.74. The predicted octanol–water partition coefficient (Wildman–Crippen LogP) is 1.48. The minimum Gasteiger partial charge on any atom is -0.325 e. The molecule has 23 heavy (non-hydrogen) atoms. The Morgan fingerprint density at radius 2 is 2.09 bits per heavy atom. The van der Waals surface area contributed by atoms with Crippen LogP contribution in [0, 0.1) is 0 Å². The number of hydrogen-bond donors (Lipinski definition) is 1. The molecule has 1 heterocycles. The first-order chi connectivity index (χ1) is 10.9. The van der Waals surface area contributed by atoms with E-state index in [1.807, 2.05) is 12.1 Å². The molecule has 0 aliphatic carbocycles. The molecule has 0 radical (unpaired) electrons. The Morgan fingerprint density at radius 1 is 1.35 bits per heavy atom. The van der Waals surface area contributed by atoms with Gasteiger partial charge in [0.05, 0.1) is 12.3 Å². The molecule has 0 aliphatic heterocycles. The molecule has 0 fully saturated rings. The van der Waals surface area contributed by atoms with Crippen molar-refractivity contribution in [3.8, 4) is 0 Å². The number of benzene rings is 1. The molecule has 0 aliphatic rings. The SMILES string of the molecule is CCCS(=O)(=O)[C@@H](C)C(=O)Nc1ccccc1Cn1cncn1. The fourth-order valence-corrected chi connectivity index (χ4v) is 3.44. The summed E-state index contributed by atoms with van der Waals surface area (Å²) in [4.78, 5) is 16.1. The van der Waals surface area contributed by atoms with Crippen LogP contribution in [0.15, 0.2) is 36.9 Å². The van der Waals surface area contributed by atoms with Gasteiger partial charge in [0, 0.05) is 5.69 Å². The van der Waals surface area contributed by atoms with E-state index in [9.17, 15) is 13.2 Å². The number of para-hydroxylation sites is 1. The number of carbonyl (C=O) groups is 1. The van der Waals surface area contributed by atoms with Crippen LogP contribution < -0.4 is 5.32 Å². The van der Waals surface area contributed by atoms with E-state index in [4.69, 9.17) is 0 Å². The lowest BCUT2D eigenvalue weighted by Crippen LogP contribution is -2.34. The Morgan fingerprint density at radius 3 is 2.74 bits per heavy atom. The van der Waals surface area contributed by atoms with Gasteiger partial charge in [-0.05, 0) is 25.0 Å². The molecule has 2 aromatic rings. The van der Waals surface area contributed by atoms with Crippen LogP contribution in [0.4, 0.5) is 5.69 Å². The zero-order valence-electron chi connectivity index (χ0n) is 13.1. The molecule has 1 N–H and O–H groups in total. The van der Waals surface area contributed by atoms with E-state index in [0.29, 0.717) is 18.7 Å². The Labute approximate surface area is 135 Å². The standard InChI is InChI=1S/C15H20N4O3S/c1-3-8-23(21,22)12(2)15(20)18-14-7-5-4-6-13(14)9-19-11-16-10-17-19/h4-7,10-12H,3,8-9H2,1-2H3,(H,18,20)/t12-/m0/s1. The van der Waals surface area contributed by atoms with Gasteiger partial charge in [0.15, 0.2) is 9.84 Å². The van der Waals surface area contributed by atoms with Gasteiger partial charge in [0.1, 0.15) is 17.9 Å². The fraction of sp³-hybridized carbons (Fsp3) is 0.400. The lowest BCUT2D eigenvalue weighted by Gasteiger charge is -2.15. The number of hydrogen-bond acceptors (Lipinski definition) is 5. The second kappa shape index (κ2) is 7.36. The molecule has 1 aromatic carbocycles. The van der Waals surface area contributed by atoms with Crippen LogP contribution >= 0.6 is 0 Å². The summed E-state index contributed by atoms with van der Waals surface area (Å²) in [6.45, 7) is 3.63. The van der Waals surface area contributed by atoms with Crippen LogP contribution in [0.2, 0.25) is 0 Å². The second-order valence-corrected chi connectivity index (χ2v) is 7.69. The molecule has 0 saturated heterocycles. The van der Waals surface area contributed by atoms with Crippen molar-refractivity contribution in [1.82, 2.24) is 14.8 Å². The summed E-state index contributed by atoms with van der Waals surface area (Å²) in [5.74, 6) is -0.521. The summed E-state index contributed by atoms with van der Waals surface area (Å²) in [7, 11) is -3.43. The maximum atomic E-state index is 12.3. The molecule has 8 heteroatoms. The Hall–Kier alpha value is -2.22. The highest BCUT2D eigenvalue weighted by Crippen LogP contribution is 2.17. The quantitative estimate of drug-likeness (QED) is 0.826. The molecular weight excluding hydrogens is 316 g/mol. The molecule has 0 spiro atoms. The van der Waals surface area contributed by atoms with Crippen molar-refractivity contribution in [2.45, 2.75) is 32.1 Å². The number of nitrogens with one attached hydrogen (secondary N) is 1. The molecular formula is C15H20N4O3S. The number of anilines is 1. The van der Waals surface area contributed by atoms with E-state index in [0.717, 1.165) is 5.56 Å². The highest BCUT2D eigenvalue weighted by molar-refractivity contribution is 7.92. The lowest BCUT2D eigenvalue weighted by atomic mass is 10.1. The van der Waals surface area contributed by atoms with E-state index >= 15 is 0 Å². The largest absolute Gasteiger partial charge is 0.325 e. The van der Waals surface area contributed by atoms with Crippen LogP contribution in [0.25, 0.3) is 0 Å². The molecule has 1 amide bonds. The van der Waals surface area contributed by atoms with Gasteiger partial charge in [-0.3, -0.25) is 4.79 Å². The molecule has 7 nitrogen and oxygen atoms in total. The van der Waals surface area contributed by atoms with Gasteiger partial charge >= 0.3 is 0 Å². The third kappa shape index (κ3) is 4.38. The summed E-state index contributed by atoms with van der Waals surface area (Å²) in [5, 5.41) is 5.65. The van der Waals surface area contributed by atoms with E-state index in [1.54, 1.807) is 30.1 Å². The van der Waals surface area contributed by atoms with Crippen molar-refractivity contribution in [2.75, 3.05) is 11.1 Å². The first kappa shape index (κ1) is 17.1. The maximum absolute atomic E-state index is 12.3. The number of amides is 1. The number of carbonyl (C=O) groups excluding carboxylic acids is 1. The zero-order chi connectivity index (χ0) is 16.9. The topological polar surface area (TPSA) is 94.0 Å². The Balaban J connectivity index is 2.15. The van der Waals surface area contributed by atoms with Gasteiger partial charge in [0.25, 0.3) is 0 Å². The van der Waals surface area contributed by atoms with Gasteiger partial charge in [0.2, 0.25) is 5.91 Å². The Kier molecular flexibility index (Phi) is 5.49. The van der Waals surface area contributed by atoms with Crippen molar-refractivity contribution in [2.24, 2.45) is 0 Å². The van der Waals surface area contributed by atoms with Crippen LogP contribution in [0.3, 0.4) is 0 Å². The molecule has 0 unspecified atom stereocenters. The average Bonchev–Trinajstić information content (AvgIpc) is 3.01. The smallest absolute Gasteiger partial charge is 0.242 e. The summed E-state index contributed by atoms with van der Waals surface area (Å²) in [6.07, 6.45) is 3.50. The number of rotatable bonds is 7. The number of nitrogens with zero attached hydrogens (tertiary/aromatic N) is 3. The molecule has 0 bridgehead atoms. The Bertz CT molecular complexity index is 757. The third-order valence-electron chi connectivity index (χ3n) is 3.47. The molecule has 0 saturated carbocycles. The average molecular weight is 336 g/mol. The zero-order valence-corrected chi connectivity index (χ0v) is 14.0. The van der Waals surface area contributed by atoms with E-state index < -0.39 is 21.0 Å². The maximum Gasteiger partial charge on any atom is 0.242 e. The number of sulfone groups is 1. The van der Waals surface area contributed by atoms with Crippen LogP contribution in [0.1, 0.15) is 25.8 Å². The highest BCUT2D eigenvalue weighted by Gasteiger charge is 2.27. The van der Waals surface area contributed by atoms with Crippen LogP contribution in [-0.4, -0.2) is 40.1 Å². The fourth-order valence-electron chi connectivity index (χ4n) is 2.13. The van der Waals surface area contributed by atoms with Crippen molar-refractivity contribution in [3.63, 3.8) is 0 Å². The minimum absolute atomic E-state index is 0.00217. The summed E-state index contributed by atoms with van der Waals surface area (Å²) in [6, 6.07) is 7.22. The van der Waals surface area contributed by atoms with Gasteiger partial charge in [-0.15, -0.1) is 0 Å². The summed E-state index contributed by atoms with van der Waals surface area (Å²) >= 11 is 0. The monoisotopic (exact) mass is 336 g/mol. The van der Waals surface area contributed by atoms with E-state index in [1.165, 1.54) is 13.3 Å². The minimum atomic E-state index is -3.43. The van der Waals surface area contributed by atoms with Crippen LogP contribution in [0.5, 0.6) is 0 Å². The molecule has 1 aromatic heterocycles. The molecule has 1 atom stereocenters. The van der Waals surface area contributed by atoms with Gasteiger partial charge < -0.3 is 5.32 Å². The van der Waals surface area contributed by atoms with Gasteiger partial charge in [-0.25, -0.2) is 18.1 Å². The van der Waals surface area contributed by atoms with Crippen molar-refractivity contribution < 1.29 is 13.2 Å². The van der Waals surface area contributed by atoms with Crippen molar-refractivity contribution in [1.29, 1.82) is 0 Å². The van der Waals surface area contributed by atoms with Crippen molar-refractivity contribution in [3.05, 3.63) is 42.5 Å². The second-order valence-electron chi connectivity index (χ2n) is 5.25. The normalized spacial score (nSPS) is 12.8. The molecule has 2 rings (SSSR count). The predicted molar refractivity (Wildman–Crippen MR) is 87.7 cm³/mol. The van der Waals surface area contributed by atoms with Crippen molar-refractivity contribution >= 4 is 21.4 Å². The van der Waals surface area contributed by atoms with Gasteiger partial charge in [-0.2, -0.15) is 5.10 Å². The van der Waals surface area contributed by atoms with Crippen LogP contribution in [-0.2, 0) is 21.2 Å². The summed E-state index contributed by atoms with van der Waals surface area (Å²) < 4.78 is 25.7. The molecule has 124 valence electrons. The first-order valence-electron chi connectivity index (χ1n) is 7.36. The summed E-state index contributed by atoms with van der Waals surface area (Å²) in [5.41, 5.74) is 1.40. The van der Waals surface area contributed by atoms with E-state index in [-0.39, 0.29) is 5.75 Å². The first-order valence-corrected chi connectivity index (χ1v) is 9.08. The highest BCUT2D eigenvalue weighted by atomic mass is 32.2. The van der Waals surface area contributed by atoms with Gasteiger partial charge in [-0.1, -0.05) is 25.1 Å². The van der Waals surface area contributed by atoms with E-state index in [2.05, 4.69) is 15.4 Å².